The summed E-state index contributed by atoms with van der Waals surface area (Å²) in [6.07, 6.45) is 0. The zero-order valence-corrected chi connectivity index (χ0v) is 11.1. The van der Waals surface area contributed by atoms with E-state index < -0.39 is 5.54 Å². The lowest BCUT2D eigenvalue weighted by Gasteiger charge is -2.24. The summed E-state index contributed by atoms with van der Waals surface area (Å²) in [4.78, 5) is 1.21. The van der Waals surface area contributed by atoms with Gasteiger partial charge in [0.2, 0.25) is 0 Å². The summed E-state index contributed by atoms with van der Waals surface area (Å²) >= 11 is 1.66. The second kappa shape index (κ2) is 4.24. The Morgan fingerprint density at radius 3 is 2.41 bits per heavy atom. The van der Waals surface area contributed by atoms with E-state index in [1.807, 2.05) is 25.3 Å². The SMILES string of the molecule is Cc1cc(C(C)(N)c2ccc(C)c(F)c2)cs1. The van der Waals surface area contributed by atoms with Crippen molar-refractivity contribution in [3.05, 3.63) is 57.0 Å². The molecule has 0 saturated carbocycles. The molecular formula is C14H16FNS. The summed E-state index contributed by atoms with van der Waals surface area (Å²) in [6.45, 7) is 5.71. The molecule has 2 N–H and O–H groups in total. The van der Waals surface area contributed by atoms with Gasteiger partial charge in [-0.25, -0.2) is 4.39 Å². The van der Waals surface area contributed by atoms with Gasteiger partial charge in [0, 0.05) is 4.88 Å². The third-order valence-electron chi connectivity index (χ3n) is 3.10. The molecule has 1 aromatic carbocycles. The van der Waals surface area contributed by atoms with E-state index in [-0.39, 0.29) is 5.82 Å². The first-order chi connectivity index (χ1) is 7.91. The topological polar surface area (TPSA) is 26.0 Å². The van der Waals surface area contributed by atoms with Crippen LogP contribution in [0.3, 0.4) is 0 Å². The van der Waals surface area contributed by atoms with Crippen molar-refractivity contribution in [3.63, 3.8) is 0 Å². The minimum absolute atomic E-state index is 0.203. The number of hydrogen-bond donors (Lipinski definition) is 1. The number of benzene rings is 1. The molecule has 0 fully saturated rings. The van der Waals surface area contributed by atoms with Crippen LogP contribution in [0.1, 0.15) is 28.5 Å². The zero-order valence-electron chi connectivity index (χ0n) is 10.3. The van der Waals surface area contributed by atoms with E-state index in [0.29, 0.717) is 5.56 Å². The fraction of sp³-hybridized carbons (Fsp3) is 0.286. The van der Waals surface area contributed by atoms with Crippen molar-refractivity contribution in [2.75, 3.05) is 0 Å². The maximum atomic E-state index is 13.6. The Balaban J connectivity index is 2.47. The lowest BCUT2D eigenvalue weighted by molar-refractivity contribution is 0.579. The molecule has 90 valence electrons. The van der Waals surface area contributed by atoms with Gasteiger partial charge in [-0.1, -0.05) is 12.1 Å². The molecule has 0 aliphatic rings. The maximum absolute atomic E-state index is 13.6. The maximum Gasteiger partial charge on any atom is 0.126 e. The first-order valence-corrected chi connectivity index (χ1v) is 6.40. The molecule has 1 nitrogen and oxygen atoms in total. The molecule has 1 aromatic heterocycles. The van der Waals surface area contributed by atoms with Crippen molar-refractivity contribution in [1.29, 1.82) is 0 Å². The Bertz CT molecular complexity index is 543. The summed E-state index contributed by atoms with van der Waals surface area (Å²) in [5.41, 5.74) is 8.17. The van der Waals surface area contributed by atoms with Crippen LogP contribution in [0.25, 0.3) is 0 Å². The van der Waals surface area contributed by atoms with E-state index >= 15 is 0 Å². The molecule has 3 heteroatoms. The smallest absolute Gasteiger partial charge is 0.126 e. The number of thiophene rings is 1. The van der Waals surface area contributed by atoms with Crippen molar-refractivity contribution in [2.45, 2.75) is 26.3 Å². The van der Waals surface area contributed by atoms with E-state index in [1.54, 1.807) is 24.3 Å². The van der Waals surface area contributed by atoms with Gasteiger partial charge in [-0.3, -0.25) is 0 Å². The number of hydrogen-bond acceptors (Lipinski definition) is 2. The number of rotatable bonds is 2. The fourth-order valence-corrected chi connectivity index (χ4v) is 2.62. The quantitative estimate of drug-likeness (QED) is 0.862. The third kappa shape index (κ3) is 2.26. The summed E-state index contributed by atoms with van der Waals surface area (Å²) in [6, 6.07) is 7.26. The van der Waals surface area contributed by atoms with Crippen molar-refractivity contribution < 1.29 is 4.39 Å². The monoisotopic (exact) mass is 249 g/mol. The van der Waals surface area contributed by atoms with Crippen molar-refractivity contribution in [1.82, 2.24) is 0 Å². The van der Waals surface area contributed by atoms with Gasteiger partial charge in [0.15, 0.2) is 0 Å². The lowest BCUT2D eigenvalue weighted by atomic mass is 9.87. The van der Waals surface area contributed by atoms with Gasteiger partial charge in [-0.05, 0) is 55.0 Å². The summed E-state index contributed by atoms with van der Waals surface area (Å²) in [5.74, 6) is -0.203. The van der Waals surface area contributed by atoms with Crippen LogP contribution < -0.4 is 5.73 Å². The predicted molar refractivity (Wildman–Crippen MR) is 70.8 cm³/mol. The van der Waals surface area contributed by atoms with Crippen LogP contribution in [-0.2, 0) is 5.54 Å². The summed E-state index contributed by atoms with van der Waals surface area (Å²) in [5, 5.41) is 2.03. The largest absolute Gasteiger partial charge is 0.318 e. The Morgan fingerprint density at radius 1 is 1.18 bits per heavy atom. The molecule has 17 heavy (non-hydrogen) atoms. The number of halogens is 1. The molecule has 1 atom stereocenters. The minimum Gasteiger partial charge on any atom is -0.318 e. The van der Waals surface area contributed by atoms with Gasteiger partial charge >= 0.3 is 0 Å². The highest BCUT2D eigenvalue weighted by molar-refractivity contribution is 7.10. The van der Waals surface area contributed by atoms with Gasteiger partial charge in [-0.2, -0.15) is 0 Å². The van der Waals surface area contributed by atoms with E-state index in [4.69, 9.17) is 5.73 Å². The minimum atomic E-state index is -0.640. The van der Waals surface area contributed by atoms with Crippen molar-refractivity contribution in [3.8, 4) is 0 Å². The third-order valence-corrected chi connectivity index (χ3v) is 3.96. The fourth-order valence-electron chi connectivity index (χ4n) is 1.80. The Hall–Kier alpha value is -1.19. The molecule has 1 unspecified atom stereocenters. The normalized spacial score (nSPS) is 14.6. The van der Waals surface area contributed by atoms with Crippen LogP contribution in [0.15, 0.2) is 29.6 Å². The summed E-state index contributed by atoms with van der Waals surface area (Å²) < 4.78 is 13.6. The Kier molecular flexibility index (Phi) is 3.06. The van der Waals surface area contributed by atoms with Gasteiger partial charge < -0.3 is 5.73 Å². The van der Waals surface area contributed by atoms with Gasteiger partial charge in [0.05, 0.1) is 5.54 Å². The predicted octanol–water partition coefficient (Wildman–Crippen LogP) is 3.73. The van der Waals surface area contributed by atoms with Crippen LogP contribution in [0.5, 0.6) is 0 Å². The van der Waals surface area contributed by atoms with Crippen LogP contribution in [0.4, 0.5) is 4.39 Å². The number of nitrogens with two attached hydrogens (primary N) is 1. The Labute approximate surface area is 105 Å². The molecule has 0 radical (unpaired) electrons. The van der Waals surface area contributed by atoms with E-state index in [0.717, 1.165) is 11.1 Å². The Morgan fingerprint density at radius 2 is 1.88 bits per heavy atom. The van der Waals surface area contributed by atoms with Crippen molar-refractivity contribution >= 4 is 11.3 Å². The first-order valence-electron chi connectivity index (χ1n) is 5.52. The van der Waals surface area contributed by atoms with E-state index in [2.05, 4.69) is 6.07 Å². The molecular weight excluding hydrogens is 233 g/mol. The molecule has 0 bridgehead atoms. The highest BCUT2D eigenvalue weighted by Gasteiger charge is 2.25. The average molecular weight is 249 g/mol. The molecule has 0 saturated heterocycles. The van der Waals surface area contributed by atoms with E-state index in [1.165, 1.54) is 10.9 Å². The van der Waals surface area contributed by atoms with Crippen molar-refractivity contribution in [2.24, 2.45) is 5.73 Å². The van der Waals surface area contributed by atoms with Crippen LogP contribution in [0.2, 0.25) is 0 Å². The molecule has 0 amide bonds. The second-order valence-electron chi connectivity index (χ2n) is 4.61. The van der Waals surface area contributed by atoms with Gasteiger partial charge in [-0.15, -0.1) is 11.3 Å². The molecule has 2 rings (SSSR count). The molecule has 0 aliphatic carbocycles. The zero-order chi connectivity index (χ0) is 12.6. The molecule has 1 heterocycles. The number of aryl methyl sites for hydroxylation is 2. The van der Waals surface area contributed by atoms with Crippen LogP contribution in [-0.4, -0.2) is 0 Å². The highest BCUT2D eigenvalue weighted by atomic mass is 32.1. The summed E-state index contributed by atoms with van der Waals surface area (Å²) in [7, 11) is 0. The molecule has 0 spiro atoms. The first kappa shape index (κ1) is 12.3. The average Bonchev–Trinajstić information content (AvgIpc) is 2.69. The lowest BCUT2D eigenvalue weighted by Crippen LogP contribution is -2.33. The second-order valence-corrected chi connectivity index (χ2v) is 5.73. The van der Waals surface area contributed by atoms with Crippen LogP contribution >= 0.6 is 11.3 Å². The molecule has 2 aromatic rings. The highest BCUT2D eigenvalue weighted by Crippen LogP contribution is 2.30. The van der Waals surface area contributed by atoms with E-state index in [9.17, 15) is 4.39 Å². The van der Waals surface area contributed by atoms with Gasteiger partial charge in [0.25, 0.3) is 0 Å². The standard InChI is InChI=1S/C14H16FNS/c1-9-4-5-11(7-13(9)15)14(3,16)12-6-10(2)17-8-12/h4-8H,16H2,1-3H3. The van der Waals surface area contributed by atoms with Crippen LogP contribution in [0, 0.1) is 19.7 Å². The molecule has 0 aliphatic heterocycles. The van der Waals surface area contributed by atoms with Gasteiger partial charge in [0.1, 0.15) is 5.82 Å².